The summed E-state index contributed by atoms with van der Waals surface area (Å²) in [5, 5.41) is 16.8. The Balaban J connectivity index is 1.65. The Bertz CT molecular complexity index is 1260. The summed E-state index contributed by atoms with van der Waals surface area (Å²) in [7, 11) is 0. The van der Waals surface area contributed by atoms with Gasteiger partial charge in [-0.25, -0.2) is 4.79 Å². The van der Waals surface area contributed by atoms with E-state index >= 15 is 0 Å². The summed E-state index contributed by atoms with van der Waals surface area (Å²) in [5.41, 5.74) is 2.30. The van der Waals surface area contributed by atoms with Crippen LogP contribution in [0.5, 0.6) is 0 Å². The Morgan fingerprint density at radius 2 is 1.83 bits per heavy atom. The molecule has 0 aliphatic carbocycles. The number of hydrogen-bond acceptors (Lipinski definition) is 7. The van der Waals surface area contributed by atoms with Crippen LogP contribution in [-0.4, -0.2) is 36.5 Å². The maximum atomic E-state index is 13.2. The molecule has 1 fully saturated rings. The third kappa shape index (κ3) is 5.41. The first kappa shape index (κ1) is 25.4. The summed E-state index contributed by atoms with van der Waals surface area (Å²) < 4.78 is 5.25. The number of anilines is 2. The van der Waals surface area contributed by atoms with Gasteiger partial charge in [-0.1, -0.05) is 44.2 Å². The van der Waals surface area contributed by atoms with Gasteiger partial charge in [-0.2, -0.15) is 0 Å². The van der Waals surface area contributed by atoms with Crippen molar-refractivity contribution < 1.29 is 19.2 Å². The number of esters is 1. The van der Waals surface area contributed by atoms with Gasteiger partial charge in [-0.15, -0.1) is 11.3 Å². The predicted molar refractivity (Wildman–Crippen MR) is 142 cm³/mol. The van der Waals surface area contributed by atoms with Gasteiger partial charge in [-0.05, 0) is 42.9 Å². The zero-order chi connectivity index (χ0) is 25.8. The van der Waals surface area contributed by atoms with Crippen LogP contribution in [-0.2, 0) is 4.74 Å². The van der Waals surface area contributed by atoms with E-state index < -0.39 is 16.8 Å². The zero-order valence-electron chi connectivity index (χ0n) is 20.5. The fourth-order valence-electron chi connectivity index (χ4n) is 4.80. The first-order valence-corrected chi connectivity index (χ1v) is 12.8. The first-order valence-electron chi connectivity index (χ1n) is 12.0. The van der Waals surface area contributed by atoms with Crippen molar-refractivity contribution in [3.63, 3.8) is 0 Å². The Hall–Kier alpha value is -3.72. The normalized spacial score (nSPS) is 17.5. The van der Waals surface area contributed by atoms with E-state index in [1.54, 1.807) is 24.4 Å². The number of nitro groups is 1. The number of piperidine rings is 1. The second-order valence-corrected chi connectivity index (χ2v) is 10.1. The van der Waals surface area contributed by atoms with Crippen LogP contribution in [0.15, 0.2) is 53.9 Å². The summed E-state index contributed by atoms with van der Waals surface area (Å²) in [6, 6.07) is 13.9. The highest BCUT2D eigenvalue weighted by atomic mass is 32.1. The molecule has 1 aliphatic heterocycles. The van der Waals surface area contributed by atoms with E-state index in [0.717, 1.165) is 25.1 Å². The molecule has 3 aromatic rings. The maximum Gasteiger partial charge on any atom is 0.341 e. The SMILES string of the molecule is CCOC(=O)c1c(-c2ccccc2)csc1NC(=O)c1ccc(N2C[C@H](C)C[C@@H](C)C2)c([N+](=O)[O-])c1. The van der Waals surface area contributed by atoms with Gasteiger partial charge in [0, 0.05) is 35.7 Å². The fourth-order valence-corrected chi connectivity index (χ4v) is 5.75. The quantitative estimate of drug-likeness (QED) is 0.231. The number of carbonyl (C=O) groups excluding carboxylic acids is 2. The van der Waals surface area contributed by atoms with Gasteiger partial charge in [0.15, 0.2) is 0 Å². The number of hydrogen-bond donors (Lipinski definition) is 1. The minimum absolute atomic E-state index is 0.106. The van der Waals surface area contributed by atoms with E-state index in [4.69, 9.17) is 4.74 Å². The molecular formula is C27H29N3O5S. The summed E-state index contributed by atoms with van der Waals surface area (Å²) in [4.78, 5) is 39.5. The lowest BCUT2D eigenvalue weighted by atomic mass is 9.91. The molecule has 9 heteroatoms. The molecule has 0 spiro atoms. The lowest BCUT2D eigenvalue weighted by Gasteiger charge is -2.36. The molecule has 0 radical (unpaired) electrons. The highest BCUT2D eigenvalue weighted by Gasteiger charge is 2.29. The van der Waals surface area contributed by atoms with E-state index in [9.17, 15) is 19.7 Å². The lowest BCUT2D eigenvalue weighted by molar-refractivity contribution is -0.384. The van der Waals surface area contributed by atoms with Crippen molar-refractivity contribution in [2.75, 3.05) is 29.9 Å². The molecule has 0 unspecified atom stereocenters. The standard InChI is InChI=1S/C27H29N3O5S/c1-4-35-27(32)24-21(19-8-6-5-7-9-19)16-36-26(24)28-25(31)20-10-11-22(23(13-20)30(33)34)29-14-17(2)12-18(3)15-29/h5-11,13,16-18H,4,12,14-15H2,1-3H3,(H,28,31)/t17-,18-/m1/s1. The molecule has 2 aromatic carbocycles. The summed E-state index contributed by atoms with van der Waals surface area (Å²) in [5.74, 6) is -0.217. The van der Waals surface area contributed by atoms with Gasteiger partial charge >= 0.3 is 5.97 Å². The van der Waals surface area contributed by atoms with E-state index in [1.807, 2.05) is 35.2 Å². The number of amides is 1. The molecule has 8 nitrogen and oxygen atoms in total. The second-order valence-electron chi connectivity index (χ2n) is 9.21. The molecule has 1 aliphatic rings. The van der Waals surface area contributed by atoms with Crippen LogP contribution in [0.2, 0.25) is 0 Å². The second kappa shape index (κ2) is 10.9. The van der Waals surface area contributed by atoms with Gasteiger partial charge in [-0.3, -0.25) is 14.9 Å². The number of nitrogens with one attached hydrogen (secondary N) is 1. The molecule has 36 heavy (non-hydrogen) atoms. The minimum atomic E-state index is -0.539. The Morgan fingerprint density at radius 3 is 2.47 bits per heavy atom. The predicted octanol–water partition coefficient (Wildman–Crippen LogP) is 6.23. The van der Waals surface area contributed by atoms with Crippen molar-refractivity contribution in [2.24, 2.45) is 11.8 Å². The minimum Gasteiger partial charge on any atom is -0.462 e. The number of rotatable bonds is 7. The average molecular weight is 508 g/mol. The van der Waals surface area contributed by atoms with Gasteiger partial charge < -0.3 is 15.0 Å². The summed E-state index contributed by atoms with van der Waals surface area (Å²) in [6.45, 7) is 7.66. The number of ether oxygens (including phenoxy) is 1. The third-order valence-corrected chi connectivity index (χ3v) is 7.12. The monoisotopic (exact) mass is 507 g/mol. The van der Waals surface area contributed by atoms with Gasteiger partial charge in [0.2, 0.25) is 0 Å². The number of benzene rings is 2. The Kier molecular flexibility index (Phi) is 7.69. The van der Waals surface area contributed by atoms with Crippen LogP contribution in [0.4, 0.5) is 16.4 Å². The molecule has 188 valence electrons. The van der Waals surface area contributed by atoms with Crippen molar-refractivity contribution in [1.29, 1.82) is 0 Å². The highest BCUT2D eigenvalue weighted by Crippen LogP contribution is 2.37. The zero-order valence-corrected chi connectivity index (χ0v) is 21.3. The highest BCUT2D eigenvalue weighted by molar-refractivity contribution is 7.15. The molecule has 1 saturated heterocycles. The van der Waals surface area contributed by atoms with E-state index in [2.05, 4.69) is 19.2 Å². The lowest BCUT2D eigenvalue weighted by Crippen LogP contribution is -2.39. The van der Waals surface area contributed by atoms with Crippen LogP contribution in [0.1, 0.15) is 47.9 Å². The van der Waals surface area contributed by atoms with Crippen molar-refractivity contribution >= 4 is 39.6 Å². The molecule has 1 amide bonds. The fraction of sp³-hybridized carbons (Fsp3) is 0.333. The van der Waals surface area contributed by atoms with E-state index in [-0.39, 0.29) is 23.4 Å². The topological polar surface area (TPSA) is 102 Å². The van der Waals surface area contributed by atoms with E-state index in [0.29, 0.717) is 28.1 Å². The van der Waals surface area contributed by atoms with Gasteiger partial charge in [0.05, 0.1) is 11.5 Å². The van der Waals surface area contributed by atoms with Crippen LogP contribution in [0.3, 0.4) is 0 Å². The van der Waals surface area contributed by atoms with Crippen molar-refractivity contribution in [3.8, 4) is 11.1 Å². The average Bonchev–Trinajstić information content (AvgIpc) is 3.27. The third-order valence-electron chi connectivity index (χ3n) is 6.23. The molecule has 0 bridgehead atoms. The van der Waals surface area contributed by atoms with E-state index in [1.165, 1.54) is 17.4 Å². The molecular weight excluding hydrogens is 478 g/mol. The van der Waals surface area contributed by atoms with Gasteiger partial charge in [0.25, 0.3) is 11.6 Å². The first-order chi connectivity index (χ1) is 17.3. The van der Waals surface area contributed by atoms with Gasteiger partial charge in [0.1, 0.15) is 16.3 Å². The number of carbonyl (C=O) groups is 2. The molecule has 0 saturated carbocycles. The van der Waals surface area contributed by atoms with Crippen molar-refractivity contribution in [1.82, 2.24) is 0 Å². The smallest absolute Gasteiger partial charge is 0.341 e. The summed E-state index contributed by atoms with van der Waals surface area (Å²) >= 11 is 1.21. The number of thiophene rings is 1. The largest absolute Gasteiger partial charge is 0.462 e. The molecule has 1 aromatic heterocycles. The molecule has 1 N–H and O–H groups in total. The number of nitrogens with zero attached hydrogens (tertiary/aromatic N) is 2. The van der Waals surface area contributed by atoms with Crippen LogP contribution >= 0.6 is 11.3 Å². The molecule has 2 heterocycles. The molecule has 2 atom stereocenters. The Morgan fingerprint density at radius 1 is 1.14 bits per heavy atom. The van der Waals surface area contributed by atoms with Crippen molar-refractivity contribution in [3.05, 3.63) is 75.2 Å². The van der Waals surface area contributed by atoms with Crippen LogP contribution in [0.25, 0.3) is 11.1 Å². The van der Waals surface area contributed by atoms with Crippen LogP contribution < -0.4 is 10.2 Å². The van der Waals surface area contributed by atoms with Crippen molar-refractivity contribution in [2.45, 2.75) is 27.2 Å². The summed E-state index contributed by atoms with van der Waals surface area (Å²) in [6.07, 6.45) is 1.08. The van der Waals surface area contributed by atoms with Crippen LogP contribution in [0, 0.1) is 22.0 Å². The number of nitro benzene ring substituents is 1. The molecule has 4 rings (SSSR count). The Labute approximate surface area is 214 Å². The maximum absolute atomic E-state index is 13.2.